The Bertz CT molecular complexity index is 171. The first-order valence-electron chi connectivity index (χ1n) is 1.79. The predicted molar refractivity (Wildman–Crippen MR) is 37.5 cm³/mol. The standard InChI is InChI=1S/C4H2INO3/c1-2-3(7)9-4(8)6-5/h1H,(H,6,8). The Labute approximate surface area is 65.4 Å². The summed E-state index contributed by atoms with van der Waals surface area (Å²) in [5.41, 5.74) is 0. The van der Waals surface area contributed by atoms with Gasteiger partial charge in [0.2, 0.25) is 0 Å². The topological polar surface area (TPSA) is 55.4 Å². The van der Waals surface area contributed by atoms with Gasteiger partial charge in [-0.05, 0) is 0 Å². The Morgan fingerprint density at radius 3 is 2.56 bits per heavy atom. The molecule has 0 spiro atoms. The molecular formula is C4H2INO3. The summed E-state index contributed by atoms with van der Waals surface area (Å²) in [5, 5.41) is 0. The summed E-state index contributed by atoms with van der Waals surface area (Å²) in [4.78, 5) is 20.2. The molecular weight excluding hydrogens is 237 g/mol. The van der Waals surface area contributed by atoms with E-state index in [4.69, 9.17) is 0 Å². The van der Waals surface area contributed by atoms with Gasteiger partial charge in [-0.25, -0.2) is 9.59 Å². The average Bonchev–Trinajstić information content (AvgIpc) is 1.87. The highest BCUT2D eigenvalue weighted by molar-refractivity contribution is 14.1. The number of nitrogens with one attached hydrogen (secondary N) is 1. The Hall–Kier alpha value is -0.770. The molecule has 48 valence electrons. The van der Waals surface area contributed by atoms with Crippen molar-refractivity contribution in [1.82, 2.24) is 3.53 Å². The van der Waals surface area contributed by atoms with Gasteiger partial charge in [-0.1, -0.05) is 0 Å². The minimum atomic E-state index is -0.996. The molecule has 0 aromatic carbocycles. The normalized spacial score (nSPS) is 7.11. The van der Waals surface area contributed by atoms with E-state index in [1.165, 1.54) is 22.9 Å². The molecule has 0 saturated heterocycles. The van der Waals surface area contributed by atoms with E-state index in [-0.39, 0.29) is 0 Å². The molecule has 1 N–H and O–H groups in total. The zero-order valence-corrected chi connectivity index (χ0v) is 6.34. The molecule has 1 amide bonds. The van der Waals surface area contributed by atoms with Gasteiger partial charge in [-0.3, -0.25) is 3.53 Å². The van der Waals surface area contributed by atoms with E-state index in [0.29, 0.717) is 0 Å². The maximum absolute atomic E-state index is 10.1. The largest absolute Gasteiger partial charge is 0.424 e. The van der Waals surface area contributed by atoms with E-state index in [1.54, 1.807) is 5.92 Å². The summed E-state index contributed by atoms with van der Waals surface area (Å²) in [5.74, 6) is 0.609. The summed E-state index contributed by atoms with van der Waals surface area (Å²) in [6.07, 6.45) is 3.71. The van der Waals surface area contributed by atoms with Crippen LogP contribution in [0.5, 0.6) is 0 Å². The molecule has 0 aliphatic carbocycles. The van der Waals surface area contributed by atoms with Gasteiger partial charge >= 0.3 is 12.1 Å². The number of hydrogen-bond acceptors (Lipinski definition) is 3. The van der Waals surface area contributed by atoms with Crippen molar-refractivity contribution < 1.29 is 14.3 Å². The van der Waals surface area contributed by atoms with Gasteiger partial charge < -0.3 is 4.74 Å². The van der Waals surface area contributed by atoms with Crippen LogP contribution in [0.3, 0.4) is 0 Å². The predicted octanol–water partition coefficient (Wildman–Crippen LogP) is 0.222. The smallest absolute Gasteiger partial charge is 0.366 e. The molecule has 4 nitrogen and oxygen atoms in total. The lowest BCUT2D eigenvalue weighted by molar-refractivity contribution is -0.130. The first kappa shape index (κ1) is 8.23. The fourth-order valence-corrected chi connectivity index (χ4v) is 0.243. The van der Waals surface area contributed by atoms with E-state index in [1.807, 2.05) is 3.53 Å². The number of esters is 1. The number of ether oxygens (including phenoxy) is 1. The van der Waals surface area contributed by atoms with Gasteiger partial charge in [0.05, 0.1) is 22.9 Å². The van der Waals surface area contributed by atoms with Gasteiger partial charge in [0.25, 0.3) is 0 Å². The van der Waals surface area contributed by atoms with Crippen LogP contribution in [0, 0.1) is 12.3 Å². The number of amides is 1. The monoisotopic (exact) mass is 239 g/mol. The molecule has 0 aromatic heterocycles. The quantitative estimate of drug-likeness (QED) is 0.164. The highest BCUT2D eigenvalue weighted by Gasteiger charge is 2.03. The Morgan fingerprint density at radius 1 is 1.67 bits per heavy atom. The van der Waals surface area contributed by atoms with Crippen molar-refractivity contribution in [3.8, 4) is 12.3 Å². The highest BCUT2D eigenvalue weighted by atomic mass is 127. The number of hydrogen-bond donors (Lipinski definition) is 1. The summed E-state index contributed by atoms with van der Waals surface area (Å²) >= 11 is 1.52. The molecule has 0 aromatic rings. The van der Waals surface area contributed by atoms with Crippen molar-refractivity contribution in [1.29, 1.82) is 0 Å². The molecule has 0 unspecified atom stereocenters. The third kappa shape index (κ3) is 3.78. The zero-order chi connectivity index (χ0) is 7.28. The first-order chi connectivity index (χ1) is 4.20. The minimum Gasteiger partial charge on any atom is -0.366 e. The molecule has 0 bridgehead atoms. The molecule has 5 heteroatoms. The molecule has 0 aliphatic heterocycles. The van der Waals surface area contributed by atoms with Gasteiger partial charge in [0, 0.05) is 5.92 Å². The first-order valence-corrected chi connectivity index (χ1v) is 2.87. The summed E-state index contributed by atoms with van der Waals surface area (Å²) in [6, 6.07) is 0. The molecule has 0 rings (SSSR count). The lowest BCUT2D eigenvalue weighted by atomic mass is 10.7. The Morgan fingerprint density at radius 2 is 2.22 bits per heavy atom. The Kier molecular flexibility index (Phi) is 3.79. The average molecular weight is 239 g/mol. The van der Waals surface area contributed by atoms with Gasteiger partial charge in [-0.15, -0.1) is 6.42 Å². The maximum Gasteiger partial charge on any atom is 0.424 e. The number of carbonyl (C=O) groups is 2. The second-order valence-electron chi connectivity index (χ2n) is 0.916. The Balaban J connectivity index is 3.64. The van der Waals surface area contributed by atoms with Crippen molar-refractivity contribution in [2.24, 2.45) is 0 Å². The highest BCUT2D eigenvalue weighted by Crippen LogP contribution is 1.80. The molecule has 0 aliphatic rings. The minimum absolute atomic E-state index is 0.862. The number of halogens is 1. The van der Waals surface area contributed by atoms with E-state index >= 15 is 0 Å². The van der Waals surface area contributed by atoms with Crippen LogP contribution in [0.2, 0.25) is 0 Å². The van der Waals surface area contributed by atoms with Crippen LogP contribution in [0.15, 0.2) is 0 Å². The van der Waals surface area contributed by atoms with E-state index < -0.39 is 12.1 Å². The number of rotatable bonds is 0. The van der Waals surface area contributed by atoms with Gasteiger partial charge in [0.1, 0.15) is 0 Å². The molecule has 0 fully saturated rings. The second-order valence-corrected chi connectivity index (χ2v) is 1.46. The van der Waals surface area contributed by atoms with E-state index in [0.717, 1.165) is 0 Å². The molecule has 0 saturated carbocycles. The van der Waals surface area contributed by atoms with Crippen LogP contribution in [-0.4, -0.2) is 12.1 Å². The van der Waals surface area contributed by atoms with Crippen LogP contribution in [0.4, 0.5) is 4.79 Å². The third-order valence-electron chi connectivity index (χ3n) is 0.380. The maximum atomic E-state index is 10.1. The molecule has 0 radical (unpaired) electrons. The van der Waals surface area contributed by atoms with Crippen LogP contribution < -0.4 is 3.53 Å². The molecule has 0 heterocycles. The molecule has 9 heavy (non-hydrogen) atoms. The van der Waals surface area contributed by atoms with Crippen LogP contribution >= 0.6 is 22.9 Å². The van der Waals surface area contributed by atoms with Crippen molar-refractivity contribution >= 4 is 34.9 Å². The second kappa shape index (κ2) is 4.14. The third-order valence-corrected chi connectivity index (χ3v) is 0.821. The van der Waals surface area contributed by atoms with Crippen molar-refractivity contribution in [2.75, 3.05) is 0 Å². The van der Waals surface area contributed by atoms with E-state index in [2.05, 4.69) is 11.2 Å². The summed E-state index contributed by atoms with van der Waals surface area (Å²) in [7, 11) is 0. The zero-order valence-electron chi connectivity index (χ0n) is 4.18. The lowest BCUT2D eigenvalue weighted by Crippen LogP contribution is -2.17. The van der Waals surface area contributed by atoms with Crippen LogP contribution in [0.1, 0.15) is 0 Å². The van der Waals surface area contributed by atoms with E-state index in [9.17, 15) is 9.59 Å². The summed E-state index contributed by atoms with van der Waals surface area (Å²) in [6.45, 7) is 0. The van der Waals surface area contributed by atoms with Crippen molar-refractivity contribution in [3.05, 3.63) is 0 Å². The van der Waals surface area contributed by atoms with Gasteiger partial charge in [-0.2, -0.15) is 0 Å². The van der Waals surface area contributed by atoms with Crippen molar-refractivity contribution in [3.63, 3.8) is 0 Å². The molecule has 0 atom stereocenters. The summed E-state index contributed by atoms with van der Waals surface area (Å²) < 4.78 is 5.94. The fraction of sp³-hybridized carbons (Fsp3) is 0. The lowest BCUT2D eigenvalue weighted by Gasteiger charge is -1.91. The van der Waals surface area contributed by atoms with Crippen LogP contribution in [-0.2, 0) is 9.53 Å². The van der Waals surface area contributed by atoms with Crippen LogP contribution in [0.25, 0.3) is 0 Å². The number of carbonyl (C=O) groups excluding carboxylic acids is 2. The number of terminal acetylenes is 1. The van der Waals surface area contributed by atoms with Gasteiger partial charge in [0.15, 0.2) is 0 Å². The van der Waals surface area contributed by atoms with Crippen molar-refractivity contribution in [2.45, 2.75) is 0 Å². The SMILES string of the molecule is C#CC(=O)OC(=O)NI. The fourth-order valence-electron chi connectivity index (χ4n) is 0.133.